The molecule has 2 aromatic carbocycles. The van der Waals surface area contributed by atoms with Gasteiger partial charge in [-0.1, -0.05) is 50.5 Å². The summed E-state index contributed by atoms with van der Waals surface area (Å²) in [6.45, 7) is 3.45. The quantitative estimate of drug-likeness (QED) is 0.461. The maximum atomic E-state index is 13.2. The van der Waals surface area contributed by atoms with Gasteiger partial charge < -0.3 is 18.8 Å². The van der Waals surface area contributed by atoms with Crippen molar-refractivity contribution in [2.24, 2.45) is 0 Å². The van der Waals surface area contributed by atoms with Gasteiger partial charge in [-0.05, 0) is 54.6 Å². The summed E-state index contributed by atoms with van der Waals surface area (Å²) in [5.41, 5.74) is 2.00. The van der Waals surface area contributed by atoms with E-state index in [9.17, 15) is 4.39 Å². The highest BCUT2D eigenvalue weighted by atomic mass is 19.1. The smallest absolute Gasteiger partial charge is 0.494 e. The van der Waals surface area contributed by atoms with E-state index in [4.69, 9.17) is 18.8 Å². The van der Waals surface area contributed by atoms with Crippen molar-refractivity contribution >= 4 is 12.6 Å². The second-order valence-corrected chi connectivity index (χ2v) is 8.11. The summed E-state index contributed by atoms with van der Waals surface area (Å²) in [7, 11) is -0.379. The number of halogens is 1. The summed E-state index contributed by atoms with van der Waals surface area (Å²) in [6.07, 6.45) is 6.41. The van der Waals surface area contributed by atoms with Gasteiger partial charge in [0.25, 0.3) is 0 Å². The molecule has 2 heterocycles. The maximum absolute atomic E-state index is 13.2. The molecule has 2 aliphatic rings. The molecule has 30 heavy (non-hydrogen) atoms. The average molecular weight is 412 g/mol. The summed E-state index contributed by atoms with van der Waals surface area (Å²) in [5, 5.41) is 0. The standard InChI is InChI=1S/C24H30BFO4/c1-2-3-4-5-16-27-21-12-8-19(9-13-21)25-28-17-24-23(30-25)15-14-22(29-24)18-6-10-20(26)11-7-18/h6-13,22-24H,2-5,14-17H2,1H3/t22-,23+,24-/m1/s1. The number of unbranched alkanes of at least 4 members (excludes halogenated alkanes) is 3. The molecular weight excluding hydrogens is 382 g/mol. The predicted molar refractivity (Wildman–Crippen MR) is 116 cm³/mol. The summed E-state index contributed by atoms with van der Waals surface area (Å²) in [5.74, 6) is 0.652. The molecule has 0 unspecified atom stereocenters. The first-order valence-electron chi connectivity index (χ1n) is 11.1. The molecule has 0 aliphatic carbocycles. The van der Waals surface area contributed by atoms with Crippen LogP contribution in [0.4, 0.5) is 4.39 Å². The molecule has 2 aliphatic heterocycles. The third-order valence-electron chi connectivity index (χ3n) is 5.84. The molecule has 0 saturated carbocycles. The Morgan fingerprint density at radius 1 is 0.967 bits per heavy atom. The van der Waals surface area contributed by atoms with Crippen LogP contribution in [0, 0.1) is 5.82 Å². The fourth-order valence-corrected chi connectivity index (χ4v) is 4.09. The van der Waals surface area contributed by atoms with E-state index >= 15 is 0 Å². The molecule has 2 fully saturated rings. The lowest BCUT2D eigenvalue weighted by Gasteiger charge is -2.41. The Balaban J connectivity index is 1.27. The number of fused-ring (bicyclic) bond motifs is 1. The van der Waals surface area contributed by atoms with Crippen LogP contribution in [0.1, 0.15) is 57.1 Å². The van der Waals surface area contributed by atoms with Crippen molar-refractivity contribution in [1.29, 1.82) is 0 Å². The minimum absolute atomic E-state index is 0.00920. The lowest BCUT2D eigenvalue weighted by Crippen LogP contribution is -2.54. The van der Waals surface area contributed by atoms with Crippen molar-refractivity contribution in [3.8, 4) is 5.75 Å². The van der Waals surface area contributed by atoms with Gasteiger partial charge in [-0.2, -0.15) is 0 Å². The highest BCUT2D eigenvalue weighted by Crippen LogP contribution is 2.34. The van der Waals surface area contributed by atoms with Crippen molar-refractivity contribution in [2.75, 3.05) is 13.2 Å². The van der Waals surface area contributed by atoms with Gasteiger partial charge in [0, 0.05) is 0 Å². The SMILES string of the molecule is CCCCCCOc1ccc(B2OC[C@H]3O[C@@H](c4ccc(F)cc4)CC[C@@H]3O2)cc1. The minimum Gasteiger partial charge on any atom is -0.494 e. The van der Waals surface area contributed by atoms with Crippen molar-refractivity contribution < 1.29 is 23.2 Å². The second-order valence-electron chi connectivity index (χ2n) is 8.11. The first-order valence-corrected chi connectivity index (χ1v) is 11.1. The highest BCUT2D eigenvalue weighted by molar-refractivity contribution is 6.61. The van der Waals surface area contributed by atoms with Crippen LogP contribution in [-0.4, -0.2) is 32.5 Å². The van der Waals surface area contributed by atoms with Crippen LogP contribution in [-0.2, 0) is 14.0 Å². The molecule has 0 spiro atoms. The van der Waals surface area contributed by atoms with Crippen LogP contribution in [0.2, 0.25) is 0 Å². The van der Waals surface area contributed by atoms with Crippen LogP contribution in [0.25, 0.3) is 0 Å². The number of hydrogen-bond acceptors (Lipinski definition) is 4. The van der Waals surface area contributed by atoms with Crippen molar-refractivity contribution in [3.63, 3.8) is 0 Å². The first kappa shape index (κ1) is 21.4. The predicted octanol–water partition coefficient (Wildman–Crippen LogP) is 4.82. The number of benzene rings is 2. The van der Waals surface area contributed by atoms with Gasteiger partial charge >= 0.3 is 7.12 Å². The van der Waals surface area contributed by atoms with Gasteiger partial charge in [0.15, 0.2) is 0 Å². The molecule has 4 nitrogen and oxygen atoms in total. The van der Waals surface area contributed by atoms with E-state index in [-0.39, 0.29) is 31.2 Å². The minimum atomic E-state index is -0.379. The zero-order valence-corrected chi connectivity index (χ0v) is 17.6. The van der Waals surface area contributed by atoms with Crippen LogP contribution in [0.5, 0.6) is 5.75 Å². The summed E-state index contributed by atoms with van der Waals surface area (Å²) >= 11 is 0. The lowest BCUT2D eigenvalue weighted by atomic mass is 9.76. The van der Waals surface area contributed by atoms with Crippen LogP contribution in [0.3, 0.4) is 0 Å². The van der Waals surface area contributed by atoms with E-state index in [1.807, 2.05) is 24.3 Å². The molecule has 0 amide bonds. The van der Waals surface area contributed by atoms with E-state index in [1.165, 1.54) is 31.4 Å². The molecule has 2 saturated heterocycles. The van der Waals surface area contributed by atoms with Crippen LogP contribution < -0.4 is 10.2 Å². The number of hydrogen-bond donors (Lipinski definition) is 0. The molecular formula is C24H30BFO4. The molecule has 2 aromatic rings. The van der Waals surface area contributed by atoms with E-state index < -0.39 is 0 Å². The normalized spacial score (nSPS) is 23.8. The Bertz CT molecular complexity index is 783. The number of rotatable bonds is 8. The number of ether oxygens (including phenoxy) is 2. The fraction of sp³-hybridized carbons (Fsp3) is 0.500. The molecule has 0 bridgehead atoms. The Kier molecular flexibility index (Phi) is 7.42. The molecule has 6 heteroatoms. The summed E-state index contributed by atoms with van der Waals surface area (Å²) in [6, 6.07) is 14.5. The Labute approximate surface area is 178 Å². The van der Waals surface area contributed by atoms with Crippen molar-refractivity contribution in [1.82, 2.24) is 0 Å². The van der Waals surface area contributed by atoms with E-state index in [0.29, 0.717) is 6.61 Å². The maximum Gasteiger partial charge on any atom is 0.494 e. The molecule has 160 valence electrons. The molecule has 0 radical (unpaired) electrons. The average Bonchev–Trinajstić information content (AvgIpc) is 2.79. The van der Waals surface area contributed by atoms with Crippen molar-refractivity contribution in [2.45, 2.75) is 63.8 Å². The van der Waals surface area contributed by atoms with Gasteiger partial charge in [0.05, 0.1) is 25.4 Å². The largest absolute Gasteiger partial charge is 0.494 e. The molecule has 0 aromatic heterocycles. The zero-order chi connectivity index (χ0) is 20.8. The fourth-order valence-electron chi connectivity index (χ4n) is 4.09. The Morgan fingerprint density at radius 2 is 1.77 bits per heavy atom. The third kappa shape index (κ3) is 5.42. The molecule has 4 rings (SSSR count). The topological polar surface area (TPSA) is 36.9 Å². The van der Waals surface area contributed by atoms with Gasteiger partial charge in [-0.25, -0.2) is 4.39 Å². The van der Waals surface area contributed by atoms with E-state index in [1.54, 1.807) is 12.1 Å². The third-order valence-corrected chi connectivity index (χ3v) is 5.84. The van der Waals surface area contributed by atoms with Gasteiger partial charge in [0.1, 0.15) is 17.7 Å². The Hall–Kier alpha value is -1.89. The van der Waals surface area contributed by atoms with Crippen molar-refractivity contribution in [3.05, 3.63) is 59.9 Å². The molecule has 0 N–H and O–H groups in total. The summed E-state index contributed by atoms with van der Waals surface area (Å²) < 4.78 is 37.3. The summed E-state index contributed by atoms with van der Waals surface area (Å²) in [4.78, 5) is 0. The van der Waals surface area contributed by atoms with E-state index in [0.717, 1.165) is 42.6 Å². The second kappa shape index (κ2) is 10.4. The van der Waals surface area contributed by atoms with Gasteiger partial charge in [-0.3, -0.25) is 0 Å². The van der Waals surface area contributed by atoms with Crippen LogP contribution in [0.15, 0.2) is 48.5 Å². The zero-order valence-electron chi connectivity index (χ0n) is 17.6. The lowest BCUT2D eigenvalue weighted by molar-refractivity contribution is -0.150. The first-order chi connectivity index (χ1) is 14.7. The molecule has 3 atom stereocenters. The van der Waals surface area contributed by atoms with E-state index in [2.05, 4.69) is 6.92 Å². The van der Waals surface area contributed by atoms with Gasteiger partial charge in [-0.15, -0.1) is 0 Å². The van der Waals surface area contributed by atoms with Crippen LogP contribution >= 0.6 is 0 Å². The highest BCUT2D eigenvalue weighted by Gasteiger charge is 2.41. The monoisotopic (exact) mass is 412 g/mol. The Morgan fingerprint density at radius 3 is 2.53 bits per heavy atom. The van der Waals surface area contributed by atoms with Gasteiger partial charge in [0.2, 0.25) is 0 Å².